The van der Waals surface area contributed by atoms with Gasteiger partial charge in [-0.1, -0.05) is 220 Å². The van der Waals surface area contributed by atoms with Gasteiger partial charge in [0, 0.05) is 39.0 Å². The number of benzene rings is 9. The molecule has 11 rings (SSSR count). The first-order valence-corrected chi connectivity index (χ1v) is 31.2. The van der Waals surface area contributed by atoms with Crippen LogP contribution in [0, 0.1) is 0 Å². The first-order chi connectivity index (χ1) is 33.9. The van der Waals surface area contributed by atoms with Gasteiger partial charge in [0.25, 0.3) is 0 Å². The standard InChI is InChI=1S/C63H55N5Si2/c1-69(2,3)55-38-27-46(28-39-55)44-21-32-52(33-22-44)67(53-34-23-45(24-35-53)47-29-40-56(41-30-47)70(4,5)6)54-36-25-48(26-37-54)51-31-42-60-58(43-51)57-19-13-14-20-59(57)68(60)63-65-61(49-15-9-7-10-16-49)64-62(66-63)50-17-11-8-12-18-50/h7-43H,1-6H3. The Labute approximate surface area is 413 Å². The summed E-state index contributed by atoms with van der Waals surface area (Å²) in [5.74, 6) is 1.84. The minimum atomic E-state index is -1.39. The van der Waals surface area contributed by atoms with Crippen molar-refractivity contribution >= 4 is 65.4 Å². The quantitative estimate of drug-likeness (QED) is 0.121. The molecule has 0 aliphatic heterocycles. The third-order valence-corrected chi connectivity index (χ3v) is 17.6. The van der Waals surface area contributed by atoms with E-state index in [0.29, 0.717) is 17.6 Å². The summed E-state index contributed by atoms with van der Waals surface area (Å²) in [6, 6.07) is 80.9. The van der Waals surface area contributed by atoms with E-state index in [1.165, 1.54) is 32.6 Å². The third-order valence-electron chi connectivity index (χ3n) is 13.4. The van der Waals surface area contributed by atoms with Gasteiger partial charge in [-0.2, -0.15) is 9.97 Å². The molecule has 0 unspecified atom stereocenters. The van der Waals surface area contributed by atoms with E-state index in [-0.39, 0.29) is 0 Å². The second-order valence-corrected chi connectivity index (χ2v) is 30.4. The van der Waals surface area contributed by atoms with Gasteiger partial charge in [-0.3, -0.25) is 4.57 Å². The van der Waals surface area contributed by atoms with E-state index in [1.807, 2.05) is 60.7 Å². The van der Waals surface area contributed by atoms with Crippen LogP contribution in [0.1, 0.15) is 0 Å². The molecule has 0 amide bonds. The predicted octanol–water partition coefficient (Wildman–Crippen LogP) is 15.9. The van der Waals surface area contributed by atoms with E-state index in [0.717, 1.165) is 61.1 Å². The van der Waals surface area contributed by atoms with Crippen molar-refractivity contribution in [1.82, 2.24) is 19.5 Å². The maximum atomic E-state index is 5.13. The lowest BCUT2D eigenvalue weighted by Crippen LogP contribution is -2.37. The van der Waals surface area contributed by atoms with E-state index in [1.54, 1.807) is 0 Å². The van der Waals surface area contributed by atoms with Gasteiger partial charge < -0.3 is 4.90 Å². The lowest BCUT2D eigenvalue weighted by atomic mass is 10.0. The molecule has 11 aromatic rings. The molecule has 9 aromatic carbocycles. The SMILES string of the molecule is C[Si](C)(C)c1ccc(-c2ccc(N(c3ccc(-c4ccc([Si](C)(C)C)cc4)cc3)c3ccc(-c4ccc5c(c4)c4ccccc4n5-c4nc(-c5ccccc5)nc(-c5ccccc5)n4)cc3)cc2)cc1. The summed E-state index contributed by atoms with van der Waals surface area (Å²) >= 11 is 0. The van der Waals surface area contributed by atoms with Crippen molar-refractivity contribution in [2.45, 2.75) is 39.3 Å². The Hall–Kier alpha value is -7.98. The van der Waals surface area contributed by atoms with Crippen LogP contribution in [0.25, 0.3) is 83.9 Å². The van der Waals surface area contributed by atoms with E-state index >= 15 is 0 Å². The molecule has 0 bridgehead atoms. The minimum Gasteiger partial charge on any atom is -0.311 e. The van der Waals surface area contributed by atoms with Crippen molar-refractivity contribution < 1.29 is 0 Å². The van der Waals surface area contributed by atoms with E-state index < -0.39 is 16.1 Å². The molecule has 0 saturated heterocycles. The number of para-hydroxylation sites is 1. The van der Waals surface area contributed by atoms with Crippen LogP contribution in [0.2, 0.25) is 39.3 Å². The predicted molar refractivity (Wildman–Crippen MR) is 302 cm³/mol. The topological polar surface area (TPSA) is 46.8 Å². The van der Waals surface area contributed by atoms with Crippen LogP contribution >= 0.6 is 0 Å². The van der Waals surface area contributed by atoms with Crippen LogP contribution in [0.15, 0.2) is 224 Å². The number of hydrogen-bond acceptors (Lipinski definition) is 4. The number of nitrogens with zero attached hydrogens (tertiary/aromatic N) is 5. The molecular weight excluding hydrogens is 883 g/mol. The van der Waals surface area contributed by atoms with E-state index in [2.05, 4.69) is 213 Å². The van der Waals surface area contributed by atoms with Crippen molar-refractivity contribution in [3.63, 3.8) is 0 Å². The fourth-order valence-corrected chi connectivity index (χ4v) is 11.8. The lowest BCUT2D eigenvalue weighted by molar-refractivity contribution is 0.953. The number of rotatable bonds is 11. The van der Waals surface area contributed by atoms with Crippen LogP contribution in [0.5, 0.6) is 0 Å². The molecule has 5 nitrogen and oxygen atoms in total. The van der Waals surface area contributed by atoms with E-state index in [4.69, 9.17) is 15.0 Å². The normalized spacial score (nSPS) is 11.9. The molecule has 0 aliphatic rings. The van der Waals surface area contributed by atoms with Crippen LogP contribution in [-0.2, 0) is 0 Å². The minimum absolute atomic E-state index is 0.581. The molecule has 2 aromatic heterocycles. The molecule has 0 radical (unpaired) electrons. The molecule has 0 N–H and O–H groups in total. The second-order valence-electron chi connectivity index (χ2n) is 20.2. The van der Waals surface area contributed by atoms with Crippen LogP contribution in [0.4, 0.5) is 17.1 Å². The molecule has 70 heavy (non-hydrogen) atoms. The third kappa shape index (κ3) is 8.81. The van der Waals surface area contributed by atoms with Gasteiger partial charge in [-0.15, -0.1) is 0 Å². The van der Waals surface area contributed by atoms with Gasteiger partial charge in [0.05, 0.1) is 27.2 Å². The van der Waals surface area contributed by atoms with Gasteiger partial charge in [-0.25, -0.2) is 4.98 Å². The smallest absolute Gasteiger partial charge is 0.238 e. The first kappa shape index (κ1) is 44.5. The number of anilines is 3. The zero-order valence-corrected chi connectivity index (χ0v) is 42.6. The first-order valence-electron chi connectivity index (χ1n) is 24.2. The summed E-state index contributed by atoms with van der Waals surface area (Å²) in [6.07, 6.45) is 0. The Morgan fingerprint density at radius 1 is 0.314 bits per heavy atom. The summed E-state index contributed by atoms with van der Waals surface area (Å²) in [5.41, 5.74) is 14.4. The summed E-state index contributed by atoms with van der Waals surface area (Å²) in [6.45, 7) is 14.4. The van der Waals surface area contributed by atoms with Crippen LogP contribution in [0.3, 0.4) is 0 Å². The zero-order valence-electron chi connectivity index (χ0n) is 40.6. The summed E-state index contributed by atoms with van der Waals surface area (Å²) < 4.78 is 2.18. The largest absolute Gasteiger partial charge is 0.311 e. The monoisotopic (exact) mass is 937 g/mol. The van der Waals surface area contributed by atoms with E-state index in [9.17, 15) is 0 Å². The maximum Gasteiger partial charge on any atom is 0.238 e. The van der Waals surface area contributed by atoms with Crippen LogP contribution < -0.4 is 15.3 Å². The summed E-state index contributed by atoms with van der Waals surface area (Å²) in [4.78, 5) is 17.6. The Balaban J connectivity index is 0.963. The van der Waals surface area contributed by atoms with Gasteiger partial charge in [-0.05, 0) is 88.0 Å². The molecule has 7 heteroatoms. The Morgan fingerprint density at radius 2 is 0.671 bits per heavy atom. The Bertz CT molecular complexity index is 3450. The highest BCUT2D eigenvalue weighted by atomic mass is 28.3. The Kier molecular flexibility index (Phi) is 11.6. The highest BCUT2D eigenvalue weighted by Gasteiger charge is 2.21. The molecule has 0 atom stereocenters. The number of aromatic nitrogens is 4. The fraction of sp³-hybridized carbons (Fsp3) is 0.0952. The van der Waals surface area contributed by atoms with Crippen molar-refractivity contribution in [2.24, 2.45) is 0 Å². The van der Waals surface area contributed by atoms with Gasteiger partial charge in [0.15, 0.2) is 11.6 Å². The molecule has 0 spiro atoms. The van der Waals surface area contributed by atoms with Crippen molar-refractivity contribution in [3.8, 4) is 62.1 Å². The maximum absolute atomic E-state index is 5.13. The van der Waals surface area contributed by atoms with Gasteiger partial charge in [0.1, 0.15) is 0 Å². The molecule has 340 valence electrons. The summed E-state index contributed by atoms with van der Waals surface area (Å²) in [5, 5.41) is 5.21. The molecule has 0 saturated carbocycles. The zero-order chi connectivity index (χ0) is 48.0. The van der Waals surface area contributed by atoms with Crippen molar-refractivity contribution in [2.75, 3.05) is 4.90 Å². The van der Waals surface area contributed by atoms with Crippen molar-refractivity contribution in [3.05, 3.63) is 224 Å². The highest BCUT2D eigenvalue weighted by molar-refractivity contribution is 6.89. The molecular formula is C63H55N5Si2. The lowest BCUT2D eigenvalue weighted by Gasteiger charge is -2.26. The van der Waals surface area contributed by atoms with Gasteiger partial charge >= 0.3 is 0 Å². The molecule has 0 aliphatic carbocycles. The van der Waals surface area contributed by atoms with Crippen LogP contribution in [-0.4, -0.2) is 35.7 Å². The number of fused-ring (bicyclic) bond motifs is 3. The molecule has 2 heterocycles. The Morgan fingerprint density at radius 3 is 1.10 bits per heavy atom. The summed E-state index contributed by atoms with van der Waals surface area (Å²) in [7, 11) is -2.78. The highest BCUT2D eigenvalue weighted by Crippen LogP contribution is 2.39. The number of hydrogen-bond donors (Lipinski definition) is 0. The second kappa shape index (κ2) is 18.2. The average molecular weight is 938 g/mol. The fourth-order valence-electron chi connectivity index (χ4n) is 9.45. The van der Waals surface area contributed by atoms with Gasteiger partial charge in [0.2, 0.25) is 5.95 Å². The average Bonchev–Trinajstić information content (AvgIpc) is 3.73. The molecule has 0 fully saturated rings. The van der Waals surface area contributed by atoms with Crippen molar-refractivity contribution in [1.29, 1.82) is 0 Å².